The van der Waals surface area contributed by atoms with Gasteiger partial charge >= 0.3 is 0 Å². The number of anilines is 1. The van der Waals surface area contributed by atoms with Crippen molar-refractivity contribution in [2.24, 2.45) is 0 Å². The van der Waals surface area contributed by atoms with E-state index in [1.54, 1.807) is 0 Å². The molecule has 0 aliphatic carbocycles. The van der Waals surface area contributed by atoms with Crippen LogP contribution in [0.25, 0.3) is 0 Å². The fourth-order valence-electron chi connectivity index (χ4n) is 2.83. The van der Waals surface area contributed by atoms with Crippen molar-refractivity contribution in [3.63, 3.8) is 0 Å². The summed E-state index contributed by atoms with van der Waals surface area (Å²) >= 11 is 0. The van der Waals surface area contributed by atoms with Gasteiger partial charge in [-0.25, -0.2) is 0 Å². The molecule has 2 rings (SSSR count). The summed E-state index contributed by atoms with van der Waals surface area (Å²) in [5, 5.41) is 18.4. The van der Waals surface area contributed by atoms with Crippen molar-refractivity contribution in [1.29, 1.82) is 5.26 Å². The van der Waals surface area contributed by atoms with E-state index in [1.165, 1.54) is 0 Å². The molecule has 0 spiro atoms. The number of likely N-dealkylation sites (N-methyl/N-ethyl adjacent to an activating group) is 1. The largest absolute Gasteiger partial charge is 0.396 e. The van der Waals surface area contributed by atoms with Crippen LogP contribution in [-0.4, -0.2) is 48.8 Å². The third kappa shape index (κ3) is 2.89. The second kappa shape index (κ2) is 6.05. The highest BCUT2D eigenvalue weighted by Gasteiger charge is 2.29. The topological polar surface area (TPSA) is 50.5 Å². The van der Waals surface area contributed by atoms with Crippen LogP contribution in [0.3, 0.4) is 0 Å². The van der Waals surface area contributed by atoms with Gasteiger partial charge in [-0.3, -0.25) is 4.90 Å². The van der Waals surface area contributed by atoms with E-state index >= 15 is 0 Å². The molecule has 2 unspecified atom stereocenters. The summed E-state index contributed by atoms with van der Waals surface area (Å²) in [6.07, 6.45) is 0.772. The Bertz CT molecular complexity index is 469. The second-order valence-corrected chi connectivity index (χ2v) is 5.24. The third-order valence-corrected chi connectivity index (χ3v) is 3.91. The molecule has 1 aliphatic heterocycles. The number of rotatable bonds is 3. The Hall–Kier alpha value is -1.57. The molecule has 19 heavy (non-hydrogen) atoms. The van der Waals surface area contributed by atoms with E-state index in [0.717, 1.165) is 30.8 Å². The van der Waals surface area contributed by atoms with E-state index in [4.69, 9.17) is 5.11 Å². The lowest BCUT2D eigenvalue weighted by Gasteiger charge is -2.45. The normalized spacial score (nSPS) is 24.2. The average Bonchev–Trinajstić information content (AvgIpc) is 2.42. The molecular weight excluding hydrogens is 238 g/mol. The van der Waals surface area contributed by atoms with Crippen molar-refractivity contribution >= 4 is 5.69 Å². The van der Waals surface area contributed by atoms with Crippen LogP contribution < -0.4 is 4.90 Å². The molecule has 102 valence electrons. The molecule has 2 atom stereocenters. The van der Waals surface area contributed by atoms with E-state index in [1.807, 2.05) is 24.3 Å². The zero-order valence-corrected chi connectivity index (χ0v) is 11.6. The van der Waals surface area contributed by atoms with Gasteiger partial charge in [0.15, 0.2) is 0 Å². The second-order valence-electron chi connectivity index (χ2n) is 5.24. The fourth-order valence-corrected chi connectivity index (χ4v) is 2.83. The Morgan fingerprint density at radius 2 is 2.11 bits per heavy atom. The van der Waals surface area contributed by atoms with Crippen LogP contribution in [0.1, 0.15) is 18.9 Å². The van der Waals surface area contributed by atoms with E-state index in [9.17, 15) is 5.26 Å². The standard InChI is InChI=1S/C15H21N3O/c1-12-10-17(2)14(7-8-19)11-18(12)15-6-4-3-5-13(15)9-16/h3-6,12,14,19H,7-8,10-11H2,1-2H3. The first-order chi connectivity index (χ1) is 9.17. The zero-order chi connectivity index (χ0) is 13.8. The first kappa shape index (κ1) is 13.9. The number of aliphatic hydroxyl groups excluding tert-OH is 1. The molecule has 1 heterocycles. The van der Waals surface area contributed by atoms with Crippen molar-refractivity contribution < 1.29 is 5.11 Å². The van der Waals surface area contributed by atoms with Gasteiger partial charge in [0.25, 0.3) is 0 Å². The van der Waals surface area contributed by atoms with E-state index in [0.29, 0.717) is 12.1 Å². The molecule has 0 bridgehead atoms. The van der Waals surface area contributed by atoms with E-state index in [-0.39, 0.29) is 6.61 Å². The molecule has 1 aromatic rings. The number of nitriles is 1. The maximum Gasteiger partial charge on any atom is 0.101 e. The molecule has 0 aromatic heterocycles. The lowest BCUT2D eigenvalue weighted by Crippen LogP contribution is -2.56. The Balaban J connectivity index is 2.25. The van der Waals surface area contributed by atoms with Crippen LogP contribution in [0.15, 0.2) is 24.3 Å². The highest BCUT2D eigenvalue weighted by Crippen LogP contribution is 2.26. The Morgan fingerprint density at radius 3 is 2.79 bits per heavy atom. The molecule has 1 N–H and O–H groups in total. The number of hydrogen-bond donors (Lipinski definition) is 1. The van der Waals surface area contributed by atoms with Gasteiger partial charge in [0.1, 0.15) is 6.07 Å². The minimum atomic E-state index is 0.205. The number of benzene rings is 1. The summed E-state index contributed by atoms with van der Waals surface area (Å²) in [6.45, 7) is 4.19. The molecule has 1 fully saturated rings. The molecular formula is C15H21N3O. The first-order valence-corrected chi connectivity index (χ1v) is 6.74. The highest BCUT2D eigenvalue weighted by molar-refractivity contribution is 5.60. The minimum Gasteiger partial charge on any atom is -0.396 e. The van der Waals surface area contributed by atoms with Crippen molar-refractivity contribution in [1.82, 2.24) is 4.90 Å². The predicted octanol–water partition coefficient (Wildman–Crippen LogP) is 1.45. The zero-order valence-electron chi connectivity index (χ0n) is 11.6. The minimum absolute atomic E-state index is 0.205. The predicted molar refractivity (Wildman–Crippen MR) is 76.1 cm³/mol. The first-order valence-electron chi connectivity index (χ1n) is 6.74. The number of piperazine rings is 1. The summed E-state index contributed by atoms with van der Waals surface area (Å²) in [7, 11) is 2.10. The van der Waals surface area contributed by atoms with Crippen molar-refractivity contribution in [3.05, 3.63) is 29.8 Å². The van der Waals surface area contributed by atoms with Gasteiger partial charge in [-0.1, -0.05) is 12.1 Å². The molecule has 1 aliphatic rings. The van der Waals surface area contributed by atoms with Gasteiger partial charge in [-0.2, -0.15) is 5.26 Å². The quantitative estimate of drug-likeness (QED) is 0.892. The van der Waals surface area contributed by atoms with Crippen LogP contribution in [-0.2, 0) is 0 Å². The summed E-state index contributed by atoms with van der Waals surface area (Å²) in [4.78, 5) is 4.59. The van der Waals surface area contributed by atoms with Crippen molar-refractivity contribution in [2.45, 2.75) is 25.4 Å². The van der Waals surface area contributed by atoms with Gasteiger partial charge in [-0.05, 0) is 32.5 Å². The summed E-state index contributed by atoms with van der Waals surface area (Å²) in [5.74, 6) is 0. The molecule has 4 nitrogen and oxygen atoms in total. The SMILES string of the molecule is CC1CN(C)C(CCO)CN1c1ccccc1C#N. The van der Waals surface area contributed by atoms with Crippen LogP contribution >= 0.6 is 0 Å². The average molecular weight is 259 g/mol. The molecule has 1 aromatic carbocycles. The summed E-state index contributed by atoms with van der Waals surface area (Å²) < 4.78 is 0. The maximum atomic E-state index is 9.23. The summed E-state index contributed by atoms with van der Waals surface area (Å²) in [6, 6.07) is 10.7. The Kier molecular flexibility index (Phi) is 4.41. The number of aliphatic hydroxyl groups is 1. The van der Waals surface area contributed by atoms with Gasteiger partial charge in [0.2, 0.25) is 0 Å². The Labute approximate surface area is 114 Å². The monoisotopic (exact) mass is 259 g/mol. The van der Waals surface area contributed by atoms with Crippen molar-refractivity contribution in [2.75, 3.05) is 31.6 Å². The summed E-state index contributed by atoms with van der Waals surface area (Å²) in [5.41, 5.74) is 1.73. The fraction of sp³-hybridized carbons (Fsp3) is 0.533. The van der Waals surface area contributed by atoms with E-state index in [2.05, 4.69) is 29.8 Å². The smallest absolute Gasteiger partial charge is 0.101 e. The highest BCUT2D eigenvalue weighted by atomic mass is 16.3. The van der Waals surface area contributed by atoms with E-state index < -0.39 is 0 Å². The van der Waals surface area contributed by atoms with Crippen LogP contribution in [0, 0.1) is 11.3 Å². The van der Waals surface area contributed by atoms with Crippen LogP contribution in [0.2, 0.25) is 0 Å². The Morgan fingerprint density at radius 1 is 1.37 bits per heavy atom. The van der Waals surface area contributed by atoms with Crippen LogP contribution in [0.5, 0.6) is 0 Å². The molecule has 0 radical (unpaired) electrons. The van der Waals surface area contributed by atoms with Gasteiger partial charge in [0.05, 0.1) is 11.3 Å². The van der Waals surface area contributed by atoms with Gasteiger partial charge < -0.3 is 10.0 Å². The number of para-hydroxylation sites is 1. The lowest BCUT2D eigenvalue weighted by atomic mass is 10.0. The molecule has 1 saturated heterocycles. The molecule has 0 saturated carbocycles. The van der Waals surface area contributed by atoms with Crippen LogP contribution in [0.4, 0.5) is 5.69 Å². The maximum absolute atomic E-state index is 9.23. The number of nitrogens with zero attached hydrogens (tertiary/aromatic N) is 3. The van der Waals surface area contributed by atoms with Gasteiger partial charge in [-0.15, -0.1) is 0 Å². The van der Waals surface area contributed by atoms with Gasteiger partial charge in [0, 0.05) is 31.8 Å². The third-order valence-electron chi connectivity index (χ3n) is 3.91. The van der Waals surface area contributed by atoms with Crippen molar-refractivity contribution in [3.8, 4) is 6.07 Å². The molecule has 0 amide bonds. The number of hydrogen-bond acceptors (Lipinski definition) is 4. The molecule has 4 heteroatoms. The lowest BCUT2D eigenvalue weighted by molar-refractivity contribution is 0.154.